The predicted octanol–water partition coefficient (Wildman–Crippen LogP) is 2.96. The van der Waals surface area contributed by atoms with Gasteiger partial charge in [0.25, 0.3) is 11.8 Å². The van der Waals surface area contributed by atoms with Crippen LogP contribution in [0.3, 0.4) is 0 Å². The average Bonchev–Trinajstić information content (AvgIpc) is 2.79. The summed E-state index contributed by atoms with van der Waals surface area (Å²) >= 11 is 0. The molecule has 5 nitrogen and oxygen atoms in total. The number of unbranched alkanes of at least 4 members (excludes halogenated alkanes) is 2. The molecule has 5 heteroatoms. The standard InChI is InChI=1S/C18H21NO4/c1-3-23-18(22)13(2)9-5-4-8-12-19-16(20)14-10-6-7-11-15(14)17(19)21/h6-7,9-11H,3-5,8,12H2,1-2H3/b13-9+. The first kappa shape index (κ1) is 16.9. The number of carbonyl (C=O) groups excluding carboxylic acids is 3. The molecule has 0 saturated carbocycles. The van der Waals surface area contributed by atoms with Gasteiger partial charge in [0.1, 0.15) is 0 Å². The van der Waals surface area contributed by atoms with Gasteiger partial charge in [0.05, 0.1) is 17.7 Å². The van der Waals surface area contributed by atoms with Crippen LogP contribution < -0.4 is 0 Å². The van der Waals surface area contributed by atoms with Gasteiger partial charge in [-0.05, 0) is 45.2 Å². The number of esters is 1. The monoisotopic (exact) mass is 315 g/mol. The molecule has 1 aromatic carbocycles. The number of nitrogens with zero attached hydrogens (tertiary/aromatic N) is 1. The van der Waals surface area contributed by atoms with Crippen LogP contribution in [0.15, 0.2) is 35.9 Å². The molecule has 0 bridgehead atoms. The number of hydrogen-bond acceptors (Lipinski definition) is 4. The van der Waals surface area contributed by atoms with Crippen molar-refractivity contribution in [3.05, 3.63) is 47.0 Å². The van der Waals surface area contributed by atoms with E-state index < -0.39 is 0 Å². The van der Waals surface area contributed by atoms with Crippen molar-refractivity contribution >= 4 is 17.8 Å². The van der Waals surface area contributed by atoms with Gasteiger partial charge < -0.3 is 4.74 Å². The fourth-order valence-corrected chi connectivity index (χ4v) is 2.50. The van der Waals surface area contributed by atoms with E-state index in [2.05, 4.69) is 0 Å². The maximum atomic E-state index is 12.2. The first-order valence-electron chi connectivity index (χ1n) is 7.85. The number of ether oxygens (including phenoxy) is 1. The quantitative estimate of drug-likeness (QED) is 0.336. The zero-order chi connectivity index (χ0) is 16.8. The zero-order valence-corrected chi connectivity index (χ0v) is 13.5. The number of rotatable bonds is 7. The van der Waals surface area contributed by atoms with Crippen molar-refractivity contribution in [3.63, 3.8) is 0 Å². The third-order valence-electron chi connectivity index (χ3n) is 3.76. The van der Waals surface area contributed by atoms with Crippen LogP contribution in [-0.4, -0.2) is 35.8 Å². The van der Waals surface area contributed by atoms with Crippen LogP contribution in [0.2, 0.25) is 0 Å². The Morgan fingerprint density at radius 1 is 1.13 bits per heavy atom. The van der Waals surface area contributed by atoms with Gasteiger partial charge in [-0.25, -0.2) is 4.79 Å². The molecule has 1 aliphatic rings. The molecule has 0 saturated heterocycles. The van der Waals surface area contributed by atoms with E-state index in [0.29, 0.717) is 42.7 Å². The molecular formula is C18H21NO4. The summed E-state index contributed by atoms with van der Waals surface area (Å²) in [6, 6.07) is 6.88. The molecule has 0 unspecified atom stereocenters. The fourth-order valence-electron chi connectivity index (χ4n) is 2.50. The summed E-state index contributed by atoms with van der Waals surface area (Å²) in [6.45, 7) is 4.26. The second-order valence-electron chi connectivity index (χ2n) is 5.41. The lowest BCUT2D eigenvalue weighted by Crippen LogP contribution is -2.30. The Balaban J connectivity index is 1.80. The summed E-state index contributed by atoms with van der Waals surface area (Å²) in [5.74, 6) is -0.736. The SMILES string of the molecule is CCOC(=O)/C(C)=C/CCCCN1C(=O)c2ccccc2C1=O. The van der Waals surface area contributed by atoms with E-state index in [1.165, 1.54) is 4.90 Å². The number of benzene rings is 1. The molecule has 1 aromatic rings. The summed E-state index contributed by atoms with van der Waals surface area (Å²) in [5, 5.41) is 0. The highest BCUT2D eigenvalue weighted by Crippen LogP contribution is 2.22. The zero-order valence-electron chi connectivity index (χ0n) is 13.5. The van der Waals surface area contributed by atoms with Crippen LogP contribution in [-0.2, 0) is 9.53 Å². The normalized spacial score (nSPS) is 14.2. The minimum atomic E-state index is -0.298. The Morgan fingerprint density at radius 2 is 1.74 bits per heavy atom. The van der Waals surface area contributed by atoms with Gasteiger partial charge in [-0.2, -0.15) is 0 Å². The summed E-state index contributed by atoms with van der Waals surface area (Å²) in [6.07, 6.45) is 4.05. The number of allylic oxidation sites excluding steroid dienone is 1. The van der Waals surface area contributed by atoms with Crippen LogP contribution in [0.5, 0.6) is 0 Å². The molecule has 0 radical (unpaired) electrons. The Bertz CT molecular complexity index is 613. The summed E-state index contributed by atoms with van der Waals surface area (Å²) in [5.41, 5.74) is 1.55. The molecule has 1 heterocycles. The van der Waals surface area contributed by atoms with Crippen LogP contribution in [0, 0.1) is 0 Å². The van der Waals surface area contributed by atoms with E-state index in [4.69, 9.17) is 4.74 Å². The highest BCUT2D eigenvalue weighted by Gasteiger charge is 2.34. The highest BCUT2D eigenvalue weighted by atomic mass is 16.5. The molecular weight excluding hydrogens is 294 g/mol. The number of amides is 2. The van der Waals surface area contributed by atoms with E-state index in [1.807, 2.05) is 6.08 Å². The first-order chi connectivity index (χ1) is 11.1. The molecule has 1 aliphatic heterocycles. The van der Waals surface area contributed by atoms with Gasteiger partial charge >= 0.3 is 5.97 Å². The molecule has 2 amide bonds. The van der Waals surface area contributed by atoms with Gasteiger partial charge in [0.2, 0.25) is 0 Å². The topological polar surface area (TPSA) is 63.7 Å². The van der Waals surface area contributed by atoms with E-state index in [9.17, 15) is 14.4 Å². The predicted molar refractivity (Wildman–Crippen MR) is 86.1 cm³/mol. The van der Waals surface area contributed by atoms with Gasteiger partial charge in [0, 0.05) is 12.1 Å². The van der Waals surface area contributed by atoms with Crippen molar-refractivity contribution in [1.82, 2.24) is 4.90 Å². The van der Waals surface area contributed by atoms with E-state index in [1.54, 1.807) is 38.1 Å². The molecule has 0 aromatic heterocycles. The Kier molecular flexibility index (Phi) is 5.68. The van der Waals surface area contributed by atoms with Crippen molar-refractivity contribution in [2.45, 2.75) is 33.1 Å². The molecule has 0 spiro atoms. The van der Waals surface area contributed by atoms with E-state index in [-0.39, 0.29) is 17.8 Å². The van der Waals surface area contributed by atoms with Crippen LogP contribution >= 0.6 is 0 Å². The average molecular weight is 315 g/mol. The maximum Gasteiger partial charge on any atom is 0.333 e. The molecule has 0 fully saturated rings. The minimum Gasteiger partial charge on any atom is -0.463 e. The summed E-state index contributed by atoms with van der Waals surface area (Å²) in [7, 11) is 0. The van der Waals surface area contributed by atoms with Gasteiger partial charge in [-0.3, -0.25) is 14.5 Å². The number of fused-ring (bicyclic) bond motifs is 1. The van der Waals surface area contributed by atoms with Crippen molar-refractivity contribution in [2.75, 3.05) is 13.2 Å². The Labute approximate surface area is 135 Å². The molecule has 0 aliphatic carbocycles. The lowest BCUT2D eigenvalue weighted by atomic mass is 10.1. The van der Waals surface area contributed by atoms with Crippen molar-refractivity contribution in [2.24, 2.45) is 0 Å². The molecule has 122 valence electrons. The van der Waals surface area contributed by atoms with Crippen LogP contribution in [0.25, 0.3) is 0 Å². The van der Waals surface area contributed by atoms with Gasteiger partial charge in [0.15, 0.2) is 0 Å². The number of carbonyl (C=O) groups is 3. The molecule has 0 N–H and O–H groups in total. The van der Waals surface area contributed by atoms with Crippen LogP contribution in [0.1, 0.15) is 53.8 Å². The van der Waals surface area contributed by atoms with Gasteiger partial charge in [-0.15, -0.1) is 0 Å². The third-order valence-corrected chi connectivity index (χ3v) is 3.76. The Morgan fingerprint density at radius 3 is 2.30 bits per heavy atom. The van der Waals surface area contributed by atoms with E-state index in [0.717, 1.165) is 6.42 Å². The molecule has 0 atom stereocenters. The summed E-state index contributed by atoms with van der Waals surface area (Å²) in [4.78, 5) is 37.1. The minimum absolute atomic E-state index is 0.219. The third kappa shape index (κ3) is 3.86. The smallest absolute Gasteiger partial charge is 0.333 e. The summed E-state index contributed by atoms with van der Waals surface area (Å²) < 4.78 is 4.90. The van der Waals surface area contributed by atoms with E-state index >= 15 is 0 Å². The van der Waals surface area contributed by atoms with Crippen molar-refractivity contribution in [1.29, 1.82) is 0 Å². The number of hydrogen-bond donors (Lipinski definition) is 0. The molecule has 23 heavy (non-hydrogen) atoms. The molecule has 2 rings (SSSR count). The van der Waals surface area contributed by atoms with Crippen molar-refractivity contribution < 1.29 is 19.1 Å². The largest absolute Gasteiger partial charge is 0.463 e. The fraction of sp³-hybridized carbons (Fsp3) is 0.389. The maximum absolute atomic E-state index is 12.2. The van der Waals surface area contributed by atoms with Gasteiger partial charge in [-0.1, -0.05) is 18.2 Å². The first-order valence-corrected chi connectivity index (χ1v) is 7.85. The second kappa shape index (κ2) is 7.72. The Hall–Kier alpha value is -2.43. The number of imide groups is 1. The lowest BCUT2D eigenvalue weighted by Gasteiger charge is -2.13. The highest BCUT2D eigenvalue weighted by molar-refractivity contribution is 6.21. The second-order valence-corrected chi connectivity index (χ2v) is 5.41. The lowest BCUT2D eigenvalue weighted by molar-refractivity contribution is -0.138. The van der Waals surface area contributed by atoms with Crippen molar-refractivity contribution in [3.8, 4) is 0 Å². The van der Waals surface area contributed by atoms with Crippen LogP contribution in [0.4, 0.5) is 0 Å².